The van der Waals surface area contributed by atoms with Crippen LogP contribution in [-0.2, 0) is 6.54 Å². The Kier molecular flexibility index (Phi) is 3.62. The predicted octanol–water partition coefficient (Wildman–Crippen LogP) is 1.46. The van der Waals surface area contributed by atoms with Crippen LogP contribution in [0.2, 0.25) is 0 Å². The minimum absolute atomic E-state index is 0.356. The van der Waals surface area contributed by atoms with E-state index in [1.165, 1.54) is 0 Å². The molecule has 0 saturated heterocycles. The predicted molar refractivity (Wildman–Crippen MR) is 59.4 cm³/mol. The lowest BCUT2D eigenvalue weighted by atomic mass is 10.2. The second kappa shape index (κ2) is 5.38. The first-order chi connectivity index (χ1) is 7.90. The van der Waals surface area contributed by atoms with Crippen molar-refractivity contribution in [2.24, 2.45) is 0 Å². The molecule has 0 aromatic heterocycles. The summed E-state index contributed by atoms with van der Waals surface area (Å²) in [5, 5.41) is 11.4. The second-order valence-corrected chi connectivity index (χ2v) is 3.59. The maximum Gasteiger partial charge on any atom is 0.161 e. The van der Waals surface area contributed by atoms with Crippen LogP contribution in [0.5, 0.6) is 11.5 Å². The highest BCUT2D eigenvalue weighted by molar-refractivity contribution is 5.43. The summed E-state index contributed by atoms with van der Waals surface area (Å²) < 4.78 is 11.1. The fraction of sp³-hybridized carbons (Fsp3) is 0.417. The fourth-order valence-electron chi connectivity index (χ4n) is 1.58. The molecule has 0 amide bonds. The number of benzene rings is 1. The summed E-state index contributed by atoms with van der Waals surface area (Å²) in [6.07, 6.45) is 0.913. The minimum atomic E-state index is 0.356. The normalized spacial score (nSPS) is 13.9. The molecule has 1 aliphatic rings. The number of hydrogen-bond donors (Lipinski definition) is 1. The molecule has 0 unspecified atom stereocenters. The van der Waals surface area contributed by atoms with Crippen molar-refractivity contribution in [3.63, 3.8) is 0 Å². The van der Waals surface area contributed by atoms with E-state index in [1.54, 1.807) is 0 Å². The van der Waals surface area contributed by atoms with Crippen LogP contribution in [0.3, 0.4) is 0 Å². The molecule has 4 heteroatoms. The molecular weight excluding hydrogens is 204 g/mol. The van der Waals surface area contributed by atoms with Gasteiger partial charge >= 0.3 is 0 Å². The van der Waals surface area contributed by atoms with Gasteiger partial charge in [-0.15, -0.1) is 0 Å². The van der Waals surface area contributed by atoms with Gasteiger partial charge in [-0.05, 0) is 17.7 Å². The van der Waals surface area contributed by atoms with Crippen molar-refractivity contribution in [1.29, 1.82) is 5.26 Å². The Bertz CT molecular complexity index is 398. The molecule has 1 aromatic rings. The number of hydrogen-bond acceptors (Lipinski definition) is 4. The summed E-state index contributed by atoms with van der Waals surface area (Å²) >= 11 is 0. The van der Waals surface area contributed by atoms with E-state index in [0.717, 1.165) is 23.5 Å². The van der Waals surface area contributed by atoms with E-state index in [1.807, 2.05) is 24.3 Å². The molecule has 1 heterocycles. The smallest absolute Gasteiger partial charge is 0.161 e. The molecular formula is C12H14N2O2. The standard InChI is InChI=1S/C12H14N2O2/c13-4-5-14-9-10-2-3-11-12(8-10)16-7-1-6-15-11/h2-3,8,14H,1,5-7,9H2. The molecule has 16 heavy (non-hydrogen) atoms. The van der Waals surface area contributed by atoms with Crippen LogP contribution in [0.15, 0.2) is 18.2 Å². The molecule has 0 aliphatic carbocycles. The first-order valence-corrected chi connectivity index (χ1v) is 5.36. The lowest BCUT2D eigenvalue weighted by Crippen LogP contribution is -2.12. The molecule has 2 rings (SSSR count). The van der Waals surface area contributed by atoms with E-state index >= 15 is 0 Å². The molecule has 1 aromatic carbocycles. The molecule has 0 fully saturated rings. The molecule has 0 spiro atoms. The zero-order chi connectivity index (χ0) is 11.2. The largest absolute Gasteiger partial charge is 0.490 e. The van der Waals surface area contributed by atoms with Crippen LogP contribution in [0.25, 0.3) is 0 Å². The second-order valence-electron chi connectivity index (χ2n) is 3.59. The summed E-state index contributed by atoms with van der Waals surface area (Å²) in [5.74, 6) is 1.61. The molecule has 0 saturated carbocycles. The molecule has 0 bridgehead atoms. The zero-order valence-electron chi connectivity index (χ0n) is 9.03. The number of ether oxygens (including phenoxy) is 2. The van der Waals surface area contributed by atoms with Crippen LogP contribution >= 0.6 is 0 Å². The molecule has 0 radical (unpaired) electrons. The van der Waals surface area contributed by atoms with E-state index in [-0.39, 0.29) is 0 Å². The topological polar surface area (TPSA) is 54.3 Å². The number of nitriles is 1. The number of rotatable bonds is 3. The minimum Gasteiger partial charge on any atom is -0.490 e. The van der Waals surface area contributed by atoms with Gasteiger partial charge in [0.1, 0.15) is 0 Å². The Morgan fingerprint density at radius 3 is 2.88 bits per heavy atom. The van der Waals surface area contributed by atoms with E-state index in [2.05, 4.69) is 5.32 Å². The molecule has 4 nitrogen and oxygen atoms in total. The van der Waals surface area contributed by atoms with Crippen molar-refractivity contribution >= 4 is 0 Å². The van der Waals surface area contributed by atoms with Gasteiger partial charge in [0, 0.05) is 13.0 Å². The quantitative estimate of drug-likeness (QED) is 0.616. The molecule has 0 atom stereocenters. The van der Waals surface area contributed by atoms with Crippen LogP contribution in [-0.4, -0.2) is 19.8 Å². The summed E-state index contributed by atoms with van der Waals surface area (Å²) in [6.45, 7) is 2.43. The Morgan fingerprint density at radius 1 is 1.25 bits per heavy atom. The van der Waals surface area contributed by atoms with Crippen LogP contribution in [0.1, 0.15) is 12.0 Å². The maximum absolute atomic E-state index is 8.42. The molecule has 1 aliphatic heterocycles. The monoisotopic (exact) mass is 218 g/mol. The maximum atomic E-state index is 8.42. The molecule has 1 N–H and O–H groups in total. The van der Waals surface area contributed by atoms with E-state index in [0.29, 0.717) is 26.3 Å². The summed E-state index contributed by atoms with van der Waals surface area (Å²) in [6, 6.07) is 7.91. The van der Waals surface area contributed by atoms with Crippen molar-refractivity contribution in [3.8, 4) is 17.6 Å². The lowest BCUT2D eigenvalue weighted by molar-refractivity contribution is 0.297. The van der Waals surface area contributed by atoms with Crippen molar-refractivity contribution in [1.82, 2.24) is 5.32 Å². The summed E-state index contributed by atoms with van der Waals surface area (Å²) in [5.41, 5.74) is 1.10. The third-order valence-corrected chi connectivity index (χ3v) is 2.35. The van der Waals surface area contributed by atoms with Gasteiger partial charge in [0.05, 0.1) is 25.8 Å². The zero-order valence-corrected chi connectivity index (χ0v) is 9.03. The Labute approximate surface area is 94.8 Å². The highest BCUT2D eigenvalue weighted by Gasteiger charge is 2.10. The van der Waals surface area contributed by atoms with E-state index in [4.69, 9.17) is 14.7 Å². The van der Waals surface area contributed by atoms with Crippen molar-refractivity contribution in [2.75, 3.05) is 19.8 Å². The van der Waals surface area contributed by atoms with Gasteiger partial charge in [-0.3, -0.25) is 0 Å². The first-order valence-electron chi connectivity index (χ1n) is 5.36. The van der Waals surface area contributed by atoms with Crippen molar-refractivity contribution in [3.05, 3.63) is 23.8 Å². The summed E-state index contributed by atoms with van der Waals surface area (Å²) in [7, 11) is 0. The lowest BCUT2D eigenvalue weighted by Gasteiger charge is -2.09. The summed E-state index contributed by atoms with van der Waals surface area (Å²) in [4.78, 5) is 0. The SMILES string of the molecule is N#CCNCc1ccc2c(c1)OCCCO2. The Balaban J connectivity index is 2.06. The third-order valence-electron chi connectivity index (χ3n) is 2.35. The van der Waals surface area contributed by atoms with Crippen LogP contribution in [0.4, 0.5) is 0 Å². The highest BCUT2D eigenvalue weighted by Crippen LogP contribution is 2.30. The van der Waals surface area contributed by atoms with Gasteiger partial charge in [0.15, 0.2) is 11.5 Å². The average molecular weight is 218 g/mol. The van der Waals surface area contributed by atoms with Gasteiger partial charge in [0.25, 0.3) is 0 Å². The number of nitrogens with one attached hydrogen (secondary N) is 1. The van der Waals surface area contributed by atoms with Crippen molar-refractivity contribution in [2.45, 2.75) is 13.0 Å². The van der Waals surface area contributed by atoms with E-state index in [9.17, 15) is 0 Å². The van der Waals surface area contributed by atoms with Gasteiger partial charge in [-0.25, -0.2) is 0 Å². The number of nitrogens with zero attached hydrogens (tertiary/aromatic N) is 1. The highest BCUT2D eigenvalue weighted by atomic mass is 16.5. The Hall–Kier alpha value is -1.73. The number of fused-ring (bicyclic) bond motifs is 1. The van der Waals surface area contributed by atoms with Crippen LogP contribution < -0.4 is 14.8 Å². The fourth-order valence-corrected chi connectivity index (χ4v) is 1.58. The van der Waals surface area contributed by atoms with Gasteiger partial charge in [-0.1, -0.05) is 6.07 Å². The Morgan fingerprint density at radius 2 is 2.06 bits per heavy atom. The average Bonchev–Trinajstić information content (AvgIpc) is 2.54. The van der Waals surface area contributed by atoms with E-state index < -0.39 is 0 Å². The van der Waals surface area contributed by atoms with Crippen molar-refractivity contribution < 1.29 is 9.47 Å². The first kappa shape index (κ1) is 10.8. The molecule has 84 valence electrons. The van der Waals surface area contributed by atoms with Gasteiger partial charge in [0.2, 0.25) is 0 Å². The van der Waals surface area contributed by atoms with Crippen LogP contribution in [0, 0.1) is 11.3 Å². The third kappa shape index (κ3) is 2.65. The van der Waals surface area contributed by atoms with Gasteiger partial charge in [-0.2, -0.15) is 5.26 Å². The van der Waals surface area contributed by atoms with Gasteiger partial charge < -0.3 is 14.8 Å².